The maximum Gasteiger partial charge on any atom is 0.286 e. The third-order valence-electron chi connectivity index (χ3n) is 3.28. The predicted octanol–water partition coefficient (Wildman–Crippen LogP) is 1.60. The molecule has 3 N–H and O–H groups in total. The Labute approximate surface area is 156 Å². The first-order valence-electron chi connectivity index (χ1n) is 7.13. The van der Waals surface area contributed by atoms with Gasteiger partial charge in [-0.1, -0.05) is 23.2 Å². The van der Waals surface area contributed by atoms with E-state index in [4.69, 9.17) is 33.7 Å². The zero-order valence-corrected chi connectivity index (χ0v) is 14.6. The first kappa shape index (κ1) is 19.7. The van der Waals surface area contributed by atoms with Gasteiger partial charge in [0.15, 0.2) is 0 Å². The zero-order valence-electron chi connectivity index (χ0n) is 13.1. The van der Waals surface area contributed by atoms with Gasteiger partial charge < -0.3 is 20.1 Å². The number of ether oxygens (including phenoxy) is 1. The summed E-state index contributed by atoms with van der Waals surface area (Å²) in [6, 6.07) is 5.30. The molecule has 0 saturated carbocycles. The molecule has 0 bridgehead atoms. The van der Waals surface area contributed by atoms with Crippen LogP contribution in [-0.4, -0.2) is 33.2 Å². The molecule has 1 atom stereocenters. The lowest BCUT2D eigenvalue weighted by Gasteiger charge is -2.15. The van der Waals surface area contributed by atoms with E-state index in [9.17, 15) is 24.8 Å². The Morgan fingerprint density at radius 1 is 1.38 bits per heavy atom. The summed E-state index contributed by atoms with van der Waals surface area (Å²) in [7, 11) is 0. The molecule has 0 aliphatic carbocycles. The molecule has 0 aliphatic heterocycles. The number of aliphatic hydroxyl groups is 1. The van der Waals surface area contributed by atoms with Crippen molar-refractivity contribution in [1.29, 1.82) is 0 Å². The summed E-state index contributed by atoms with van der Waals surface area (Å²) < 4.78 is 6.16. The number of primary amides is 1. The van der Waals surface area contributed by atoms with Gasteiger partial charge in [0.1, 0.15) is 24.0 Å². The largest absolute Gasteiger partial charge is 0.489 e. The van der Waals surface area contributed by atoms with Gasteiger partial charge in [-0.05, 0) is 12.1 Å². The standard InChI is InChI=1S/C15H13Cl2N3O6/c16-8-1-2-12(17)13(3-8)26-7-10(21)6-19-5-9(20(24)25)4-11(14(18)22)15(19)23/h1-5,10,21H,6-7H2,(H2,18,22)/t10-/m0/s1. The van der Waals surface area contributed by atoms with Crippen molar-refractivity contribution in [2.24, 2.45) is 5.73 Å². The summed E-state index contributed by atoms with van der Waals surface area (Å²) in [5.41, 5.74) is 3.14. The number of carbonyl (C=O) groups excluding carboxylic acids is 1. The highest BCUT2D eigenvalue weighted by Gasteiger charge is 2.19. The number of hydrogen-bond donors (Lipinski definition) is 2. The average molecular weight is 402 g/mol. The predicted molar refractivity (Wildman–Crippen MR) is 93.8 cm³/mol. The SMILES string of the molecule is NC(=O)c1cc([N+](=O)[O-])cn(C[C@H](O)COc2cc(Cl)ccc2Cl)c1=O. The second-order valence-corrected chi connectivity index (χ2v) is 6.07. The minimum Gasteiger partial charge on any atom is -0.489 e. The summed E-state index contributed by atoms with van der Waals surface area (Å²) in [4.78, 5) is 33.6. The van der Waals surface area contributed by atoms with Crippen molar-refractivity contribution in [3.05, 3.63) is 66.5 Å². The molecule has 0 aliphatic rings. The van der Waals surface area contributed by atoms with E-state index in [0.717, 1.165) is 16.8 Å². The Morgan fingerprint density at radius 3 is 2.69 bits per heavy atom. The molecule has 0 spiro atoms. The topological polar surface area (TPSA) is 138 Å². The number of carbonyl (C=O) groups is 1. The highest BCUT2D eigenvalue weighted by Crippen LogP contribution is 2.27. The number of nitrogens with zero attached hydrogens (tertiary/aromatic N) is 2. The van der Waals surface area contributed by atoms with E-state index in [2.05, 4.69) is 0 Å². The van der Waals surface area contributed by atoms with Crippen molar-refractivity contribution in [3.8, 4) is 5.75 Å². The second-order valence-electron chi connectivity index (χ2n) is 5.23. The van der Waals surface area contributed by atoms with Crippen LogP contribution in [0, 0.1) is 10.1 Å². The average Bonchev–Trinajstić information content (AvgIpc) is 2.57. The molecule has 1 heterocycles. The van der Waals surface area contributed by atoms with Crippen LogP contribution in [0.1, 0.15) is 10.4 Å². The fourth-order valence-corrected chi connectivity index (χ4v) is 2.42. The highest BCUT2D eigenvalue weighted by molar-refractivity contribution is 6.34. The van der Waals surface area contributed by atoms with E-state index in [1.165, 1.54) is 12.1 Å². The first-order chi connectivity index (χ1) is 12.2. The Morgan fingerprint density at radius 2 is 2.08 bits per heavy atom. The minimum absolute atomic E-state index is 0.224. The van der Waals surface area contributed by atoms with Crippen LogP contribution in [0.25, 0.3) is 0 Å². The molecule has 11 heteroatoms. The van der Waals surface area contributed by atoms with E-state index in [1.807, 2.05) is 0 Å². The Bertz CT molecular complexity index is 915. The van der Waals surface area contributed by atoms with Crippen LogP contribution in [0.2, 0.25) is 10.0 Å². The lowest BCUT2D eigenvalue weighted by molar-refractivity contribution is -0.385. The van der Waals surface area contributed by atoms with Gasteiger partial charge in [-0.2, -0.15) is 0 Å². The number of nitrogens with two attached hydrogens (primary N) is 1. The lowest BCUT2D eigenvalue weighted by Crippen LogP contribution is -2.34. The molecule has 138 valence electrons. The van der Waals surface area contributed by atoms with Gasteiger partial charge in [-0.15, -0.1) is 0 Å². The molecular weight excluding hydrogens is 389 g/mol. The van der Waals surface area contributed by atoms with Gasteiger partial charge in [0.2, 0.25) is 0 Å². The van der Waals surface area contributed by atoms with Crippen molar-refractivity contribution in [3.63, 3.8) is 0 Å². The fourth-order valence-electron chi connectivity index (χ4n) is 2.09. The number of hydrogen-bond acceptors (Lipinski definition) is 6. The number of rotatable bonds is 7. The zero-order chi connectivity index (χ0) is 19.4. The normalized spacial score (nSPS) is 11.8. The minimum atomic E-state index is -1.23. The van der Waals surface area contributed by atoms with Crippen molar-refractivity contribution < 1.29 is 19.6 Å². The van der Waals surface area contributed by atoms with Gasteiger partial charge in [-0.3, -0.25) is 19.7 Å². The van der Waals surface area contributed by atoms with Crippen molar-refractivity contribution in [1.82, 2.24) is 4.57 Å². The molecule has 0 unspecified atom stereocenters. The van der Waals surface area contributed by atoms with Gasteiger partial charge in [-0.25, -0.2) is 0 Å². The van der Waals surface area contributed by atoms with Crippen molar-refractivity contribution in [2.75, 3.05) is 6.61 Å². The maximum absolute atomic E-state index is 12.1. The molecule has 1 aromatic carbocycles. The van der Waals surface area contributed by atoms with E-state index in [0.29, 0.717) is 5.02 Å². The number of nitro groups is 1. The fraction of sp³-hybridized carbons (Fsp3) is 0.200. The lowest BCUT2D eigenvalue weighted by atomic mass is 10.2. The smallest absolute Gasteiger partial charge is 0.286 e. The monoisotopic (exact) mass is 401 g/mol. The molecule has 9 nitrogen and oxygen atoms in total. The molecule has 1 aromatic heterocycles. The summed E-state index contributed by atoms with van der Waals surface area (Å²) in [6.45, 7) is -0.639. The van der Waals surface area contributed by atoms with Crippen LogP contribution >= 0.6 is 23.2 Å². The van der Waals surface area contributed by atoms with Crippen molar-refractivity contribution in [2.45, 2.75) is 12.6 Å². The molecule has 2 aromatic rings. The second kappa shape index (κ2) is 8.17. The molecule has 26 heavy (non-hydrogen) atoms. The highest BCUT2D eigenvalue weighted by atomic mass is 35.5. The first-order valence-corrected chi connectivity index (χ1v) is 7.89. The summed E-state index contributed by atoms with van der Waals surface area (Å²) in [6.07, 6.45) is -0.324. The van der Waals surface area contributed by atoms with Gasteiger partial charge in [0, 0.05) is 17.2 Å². The number of halogens is 2. The van der Waals surface area contributed by atoms with Gasteiger partial charge in [0.05, 0.1) is 22.7 Å². The number of amides is 1. The summed E-state index contributed by atoms with van der Waals surface area (Å²) >= 11 is 11.8. The summed E-state index contributed by atoms with van der Waals surface area (Å²) in [5, 5.41) is 21.6. The molecule has 0 fully saturated rings. The van der Waals surface area contributed by atoms with Gasteiger partial charge >= 0.3 is 0 Å². The van der Waals surface area contributed by atoms with Gasteiger partial charge in [0.25, 0.3) is 17.2 Å². The van der Waals surface area contributed by atoms with Crippen LogP contribution in [0.15, 0.2) is 35.3 Å². The third-order valence-corrected chi connectivity index (χ3v) is 3.83. The third kappa shape index (κ3) is 4.72. The molecule has 2 rings (SSSR count). The molecular formula is C15H13Cl2N3O6. The van der Waals surface area contributed by atoms with E-state index < -0.39 is 33.7 Å². The van der Waals surface area contributed by atoms with E-state index in [-0.39, 0.29) is 23.9 Å². The molecule has 0 radical (unpaired) electrons. The Hall–Kier alpha value is -2.62. The van der Waals surface area contributed by atoms with Crippen LogP contribution < -0.4 is 16.0 Å². The Kier molecular flexibility index (Phi) is 6.19. The van der Waals surface area contributed by atoms with E-state index in [1.54, 1.807) is 6.07 Å². The number of benzene rings is 1. The van der Waals surface area contributed by atoms with Crippen LogP contribution in [0.3, 0.4) is 0 Å². The van der Waals surface area contributed by atoms with E-state index >= 15 is 0 Å². The quantitative estimate of drug-likeness (QED) is 0.533. The van der Waals surface area contributed by atoms with Crippen LogP contribution in [0.5, 0.6) is 5.75 Å². The number of pyridine rings is 1. The van der Waals surface area contributed by atoms with Crippen molar-refractivity contribution >= 4 is 34.8 Å². The Balaban J connectivity index is 2.19. The maximum atomic E-state index is 12.1. The van der Waals surface area contributed by atoms with Crippen LogP contribution in [-0.2, 0) is 6.54 Å². The molecule has 1 amide bonds. The number of aliphatic hydroxyl groups excluding tert-OH is 1. The molecule has 0 saturated heterocycles. The number of aromatic nitrogens is 1. The summed E-state index contributed by atoms with van der Waals surface area (Å²) in [5.74, 6) is -0.883. The van der Waals surface area contributed by atoms with Crippen LogP contribution in [0.4, 0.5) is 5.69 Å².